The van der Waals surface area contributed by atoms with Gasteiger partial charge >= 0.3 is 0 Å². The maximum absolute atomic E-state index is 9.62. The molecule has 2 aromatic heterocycles. The number of anilines is 3. The molecule has 0 fully saturated rings. The van der Waals surface area contributed by atoms with Gasteiger partial charge in [0, 0.05) is 53.7 Å². The first kappa shape index (κ1) is 31.7. The van der Waals surface area contributed by atoms with Gasteiger partial charge in [-0.2, -0.15) is 15.2 Å². The minimum atomic E-state index is 0.490. The van der Waals surface area contributed by atoms with Crippen molar-refractivity contribution in [2.45, 2.75) is 26.7 Å². The van der Waals surface area contributed by atoms with Crippen LogP contribution in [0, 0.1) is 23.2 Å². The van der Waals surface area contributed by atoms with E-state index in [9.17, 15) is 5.26 Å². The van der Waals surface area contributed by atoms with Crippen molar-refractivity contribution in [3.63, 3.8) is 0 Å². The average molecular weight is 626 g/mol. The van der Waals surface area contributed by atoms with Crippen LogP contribution in [0.3, 0.4) is 0 Å². The number of benzene rings is 3. The number of rotatable bonds is 5. The SMILES string of the molecule is CC#C/C=C\C1=C(/C)CCN(c2nc(-c3cccnc3)nc(-c3cccc(C#N)c3)n2)c2ccccc2C/C=C\CN1c1ccccc1. The first-order chi connectivity index (χ1) is 23.6. The quantitative estimate of drug-likeness (QED) is 0.143. The van der Waals surface area contributed by atoms with Crippen molar-refractivity contribution in [3.05, 3.63) is 150 Å². The molecule has 0 saturated carbocycles. The summed E-state index contributed by atoms with van der Waals surface area (Å²) in [5, 5.41) is 9.62. The molecular formula is C41H35N7. The Hall–Kier alpha value is -6.31. The summed E-state index contributed by atoms with van der Waals surface area (Å²) in [5.74, 6) is 7.61. The lowest BCUT2D eigenvalue weighted by atomic mass is 10.0. The number of hydrogen-bond donors (Lipinski definition) is 0. The van der Waals surface area contributed by atoms with Crippen LogP contribution in [0.1, 0.15) is 31.4 Å². The van der Waals surface area contributed by atoms with Gasteiger partial charge in [0.05, 0.1) is 11.6 Å². The highest BCUT2D eigenvalue weighted by Crippen LogP contribution is 2.32. The van der Waals surface area contributed by atoms with E-state index in [0.29, 0.717) is 29.7 Å². The van der Waals surface area contributed by atoms with Crippen molar-refractivity contribution in [1.29, 1.82) is 5.26 Å². The Morgan fingerprint density at radius 1 is 0.812 bits per heavy atom. The number of nitriles is 1. The maximum atomic E-state index is 9.62. The molecule has 6 rings (SSSR count). The van der Waals surface area contributed by atoms with Crippen LogP contribution in [0.2, 0.25) is 0 Å². The summed E-state index contributed by atoms with van der Waals surface area (Å²) >= 11 is 0. The Kier molecular flexibility index (Phi) is 10.1. The summed E-state index contributed by atoms with van der Waals surface area (Å²) in [6.07, 6.45) is 13.4. The normalized spacial score (nSPS) is 15.8. The van der Waals surface area contributed by atoms with Gasteiger partial charge in [0.1, 0.15) is 0 Å². The number of hydrogen-bond acceptors (Lipinski definition) is 7. The molecule has 7 heteroatoms. The molecule has 3 heterocycles. The molecule has 0 aliphatic carbocycles. The summed E-state index contributed by atoms with van der Waals surface area (Å²) in [4.78, 5) is 23.8. The largest absolute Gasteiger partial charge is 0.338 e. The molecule has 0 spiro atoms. The second-order valence-electron chi connectivity index (χ2n) is 11.3. The van der Waals surface area contributed by atoms with Gasteiger partial charge in [-0.25, -0.2) is 4.98 Å². The average Bonchev–Trinajstić information content (AvgIpc) is 3.14. The number of allylic oxidation sites excluding steroid dienone is 3. The van der Waals surface area contributed by atoms with Crippen molar-refractivity contribution in [3.8, 4) is 40.7 Å². The van der Waals surface area contributed by atoms with Crippen LogP contribution in [0.25, 0.3) is 22.8 Å². The van der Waals surface area contributed by atoms with E-state index >= 15 is 0 Å². The molecule has 1 aliphatic rings. The van der Waals surface area contributed by atoms with E-state index in [1.807, 2.05) is 49.4 Å². The van der Waals surface area contributed by atoms with Gasteiger partial charge in [-0.05, 0) is 92.4 Å². The van der Waals surface area contributed by atoms with Gasteiger partial charge in [0.15, 0.2) is 11.6 Å². The predicted octanol–water partition coefficient (Wildman–Crippen LogP) is 8.47. The monoisotopic (exact) mass is 625 g/mol. The van der Waals surface area contributed by atoms with Gasteiger partial charge in [0.2, 0.25) is 5.95 Å². The molecule has 3 aromatic carbocycles. The van der Waals surface area contributed by atoms with Gasteiger partial charge in [-0.1, -0.05) is 66.6 Å². The molecule has 234 valence electrons. The van der Waals surface area contributed by atoms with Crippen LogP contribution in [0.5, 0.6) is 0 Å². The van der Waals surface area contributed by atoms with Crippen LogP contribution in [0.4, 0.5) is 17.3 Å². The van der Waals surface area contributed by atoms with Gasteiger partial charge < -0.3 is 9.80 Å². The molecule has 48 heavy (non-hydrogen) atoms. The Balaban J connectivity index is 1.52. The highest BCUT2D eigenvalue weighted by Gasteiger charge is 2.21. The number of nitrogens with zero attached hydrogens (tertiary/aromatic N) is 7. The molecular weight excluding hydrogens is 591 g/mol. The minimum Gasteiger partial charge on any atom is -0.338 e. The van der Waals surface area contributed by atoms with Crippen molar-refractivity contribution < 1.29 is 0 Å². The number of fused-ring (bicyclic) bond motifs is 1. The highest BCUT2D eigenvalue weighted by molar-refractivity contribution is 5.68. The summed E-state index contributed by atoms with van der Waals surface area (Å²) in [6, 6.07) is 32.3. The third kappa shape index (κ3) is 7.39. The highest BCUT2D eigenvalue weighted by atomic mass is 15.3. The Bertz CT molecular complexity index is 2080. The lowest BCUT2D eigenvalue weighted by Crippen LogP contribution is -2.26. The van der Waals surface area contributed by atoms with E-state index in [2.05, 4.69) is 106 Å². The van der Waals surface area contributed by atoms with Crippen LogP contribution in [-0.2, 0) is 6.42 Å². The third-order valence-corrected chi connectivity index (χ3v) is 8.08. The fraction of sp³-hybridized carbons (Fsp3) is 0.146. The van der Waals surface area contributed by atoms with E-state index in [0.717, 1.165) is 53.1 Å². The Morgan fingerprint density at radius 2 is 1.60 bits per heavy atom. The zero-order valence-electron chi connectivity index (χ0n) is 27.1. The van der Waals surface area contributed by atoms with E-state index in [1.165, 1.54) is 5.57 Å². The molecule has 0 saturated heterocycles. The number of para-hydroxylation sites is 2. The van der Waals surface area contributed by atoms with E-state index in [-0.39, 0.29) is 0 Å². The summed E-state index contributed by atoms with van der Waals surface area (Å²) in [6.45, 7) is 5.36. The van der Waals surface area contributed by atoms with Gasteiger partial charge in [0.25, 0.3) is 0 Å². The predicted molar refractivity (Wildman–Crippen MR) is 193 cm³/mol. The van der Waals surface area contributed by atoms with Gasteiger partial charge in [-0.15, -0.1) is 5.92 Å². The number of pyridine rings is 1. The molecule has 7 nitrogen and oxygen atoms in total. The fourth-order valence-corrected chi connectivity index (χ4v) is 5.66. The van der Waals surface area contributed by atoms with E-state index < -0.39 is 0 Å². The third-order valence-electron chi connectivity index (χ3n) is 8.08. The van der Waals surface area contributed by atoms with Crippen molar-refractivity contribution in [2.75, 3.05) is 22.9 Å². The second kappa shape index (κ2) is 15.3. The first-order valence-electron chi connectivity index (χ1n) is 15.9. The van der Waals surface area contributed by atoms with Crippen molar-refractivity contribution >= 4 is 17.3 Å². The lowest BCUT2D eigenvalue weighted by Gasteiger charge is -2.30. The molecule has 5 aromatic rings. The molecule has 0 amide bonds. The van der Waals surface area contributed by atoms with Crippen LogP contribution in [0.15, 0.2) is 139 Å². The molecule has 0 radical (unpaired) electrons. The van der Waals surface area contributed by atoms with Crippen molar-refractivity contribution in [2.24, 2.45) is 0 Å². The first-order valence-corrected chi connectivity index (χ1v) is 15.9. The molecule has 0 N–H and O–H groups in total. The molecule has 1 aliphatic heterocycles. The standard InChI is InChI=1S/C41H35N7/c1-3-4-6-22-37-31(2)24-27-48(38-23-10-9-16-33(38)17-11-12-26-47(37)36-20-7-5-8-21-36)41-45-39(34-18-13-15-32(28-34)29-42)44-40(46-41)35-19-14-25-43-30-35/h5-16,18-23,25,28,30H,17,24,26-27H2,1-2H3/b12-11-,22-6-,37-31-. The Morgan fingerprint density at radius 3 is 2.40 bits per heavy atom. The van der Waals surface area contributed by atoms with E-state index in [4.69, 9.17) is 15.0 Å². The van der Waals surface area contributed by atoms with Crippen LogP contribution < -0.4 is 9.80 Å². The zero-order valence-corrected chi connectivity index (χ0v) is 27.1. The van der Waals surface area contributed by atoms with Crippen LogP contribution >= 0.6 is 0 Å². The molecule has 0 unspecified atom stereocenters. The minimum absolute atomic E-state index is 0.490. The second-order valence-corrected chi connectivity index (χ2v) is 11.3. The summed E-state index contributed by atoms with van der Waals surface area (Å²) < 4.78 is 0. The molecule has 0 atom stereocenters. The topological polar surface area (TPSA) is 81.8 Å². The lowest BCUT2D eigenvalue weighted by molar-refractivity contribution is 0.839. The maximum Gasteiger partial charge on any atom is 0.234 e. The Labute approximate surface area is 282 Å². The summed E-state index contributed by atoms with van der Waals surface area (Å²) in [5.41, 5.74) is 7.67. The van der Waals surface area contributed by atoms with Crippen LogP contribution in [-0.4, -0.2) is 33.0 Å². The number of aromatic nitrogens is 4. The molecule has 0 bridgehead atoms. The zero-order chi connectivity index (χ0) is 33.1. The van der Waals surface area contributed by atoms with E-state index in [1.54, 1.807) is 18.5 Å². The van der Waals surface area contributed by atoms with Crippen molar-refractivity contribution in [1.82, 2.24) is 19.9 Å². The summed E-state index contributed by atoms with van der Waals surface area (Å²) in [7, 11) is 0. The fourth-order valence-electron chi connectivity index (χ4n) is 5.66. The van der Waals surface area contributed by atoms with Gasteiger partial charge in [-0.3, -0.25) is 4.98 Å². The smallest absolute Gasteiger partial charge is 0.234 e.